The van der Waals surface area contributed by atoms with E-state index < -0.39 is 55.0 Å². The second-order valence-electron chi connectivity index (χ2n) is 10.6. The maximum Gasteiger partial charge on any atom is 0.335 e. The van der Waals surface area contributed by atoms with Crippen LogP contribution in [-0.2, 0) is 9.53 Å². The molecule has 5 rings (SSSR count). The summed E-state index contributed by atoms with van der Waals surface area (Å²) in [6.07, 6.45) is -9.68. The number of rotatable bonds is 10. The molecule has 3 aliphatic heterocycles. The van der Waals surface area contributed by atoms with Crippen molar-refractivity contribution in [3.8, 4) is 28.7 Å². The number of hydrogen-bond acceptors (Lipinski definition) is 12. The Kier molecular flexibility index (Phi) is 8.45. The zero-order valence-electron chi connectivity index (χ0n) is 22.8. The summed E-state index contributed by atoms with van der Waals surface area (Å²) in [6.45, 7) is 5.40. The minimum atomic E-state index is -1.84. The zero-order valence-corrected chi connectivity index (χ0v) is 22.8. The lowest BCUT2D eigenvalue weighted by atomic mass is 9.88. The van der Waals surface area contributed by atoms with Crippen molar-refractivity contribution in [2.75, 3.05) is 20.4 Å². The van der Waals surface area contributed by atoms with Gasteiger partial charge in [-0.2, -0.15) is 0 Å². The Balaban J connectivity index is 1.33. The first-order valence-corrected chi connectivity index (χ1v) is 13.4. The van der Waals surface area contributed by atoms with Crippen LogP contribution in [0.25, 0.3) is 0 Å². The highest BCUT2D eigenvalue weighted by molar-refractivity contribution is 5.73. The predicted octanol–water partition coefficient (Wildman–Crippen LogP) is 0.866. The maximum atomic E-state index is 11.4. The maximum absolute atomic E-state index is 11.4. The number of aliphatic hydroxyl groups is 4. The van der Waals surface area contributed by atoms with Crippen molar-refractivity contribution in [3.63, 3.8) is 0 Å². The molecule has 0 spiro atoms. The number of benzene rings is 2. The number of nitrogens with one attached hydrogen (secondary N) is 1. The first-order chi connectivity index (χ1) is 19.6. The SMILES string of the molecule is COc1c(OCNCCC(C)C)ccc2c1O[C@H]1c3ccc(O[C@@H]4O[C@H](C(=O)O)[C@@H](O)[C@H](O)[C@H]4O)cc3O[C@H](O)[C@@H]21. The van der Waals surface area contributed by atoms with Crippen LogP contribution in [0.3, 0.4) is 0 Å². The van der Waals surface area contributed by atoms with Crippen LogP contribution in [0.1, 0.15) is 43.4 Å². The van der Waals surface area contributed by atoms with Crippen LogP contribution < -0.4 is 29.0 Å². The number of methoxy groups -OCH3 is 1. The van der Waals surface area contributed by atoms with Gasteiger partial charge in [0.05, 0.1) is 13.0 Å². The smallest absolute Gasteiger partial charge is 0.335 e. The van der Waals surface area contributed by atoms with Gasteiger partial charge in [0, 0.05) is 17.2 Å². The van der Waals surface area contributed by atoms with Gasteiger partial charge < -0.3 is 54.0 Å². The van der Waals surface area contributed by atoms with E-state index in [0.29, 0.717) is 34.3 Å². The minimum absolute atomic E-state index is 0.0972. The Labute approximate surface area is 236 Å². The minimum Gasteiger partial charge on any atom is -0.490 e. The molecule has 224 valence electrons. The quantitative estimate of drug-likeness (QED) is 0.173. The number of carboxylic acids is 1. The summed E-state index contributed by atoms with van der Waals surface area (Å²) in [4.78, 5) is 11.4. The Morgan fingerprint density at radius 3 is 2.49 bits per heavy atom. The summed E-state index contributed by atoms with van der Waals surface area (Å²) in [6, 6.07) is 8.18. The van der Waals surface area contributed by atoms with E-state index in [9.17, 15) is 30.3 Å². The number of aliphatic hydroxyl groups excluding tert-OH is 4. The first-order valence-electron chi connectivity index (χ1n) is 13.4. The lowest BCUT2D eigenvalue weighted by molar-refractivity contribution is -0.271. The third kappa shape index (κ3) is 5.61. The van der Waals surface area contributed by atoms with Gasteiger partial charge in [0.25, 0.3) is 0 Å². The Hall–Kier alpha value is -3.33. The number of aliphatic carboxylic acids is 1. The second-order valence-corrected chi connectivity index (χ2v) is 10.6. The van der Waals surface area contributed by atoms with Crippen molar-refractivity contribution in [3.05, 3.63) is 41.5 Å². The molecule has 0 amide bonds. The largest absolute Gasteiger partial charge is 0.490 e. The van der Waals surface area contributed by atoms with Crippen molar-refractivity contribution in [1.29, 1.82) is 0 Å². The van der Waals surface area contributed by atoms with Crippen LogP contribution in [0.4, 0.5) is 0 Å². The number of carbonyl (C=O) groups is 1. The molecule has 1 saturated heterocycles. The van der Waals surface area contributed by atoms with Crippen LogP contribution in [-0.4, -0.2) is 88.9 Å². The number of ether oxygens (including phenoxy) is 6. The molecule has 6 N–H and O–H groups in total. The van der Waals surface area contributed by atoms with Gasteiger partial charge in [0.1, 0.15) is 42.6 Å². The van der Waals surface area contributed by atoms with E-state index in [1.807, 2.05) is 0 Å². The molecule has 3 aliphatic rings. The predicted molar refractivity (Wildman–Crippen MR) is 140 cm³/mol. The first kappa shape index (κ1) is 29.2. The van der Waals surface area contributed by atoms with Gasteiger partial charge in [-0.1, -0.05) is 19.9 Å². The highest BCUT2D eigenvalue weighted by Gasteiger charge is 2.49. The van der Waals surface area contributed by atoms with Gasteiger partial charge in [-0.05, 0) is 37.1 Å². The monoisotopic (exact) mass is 577 g/mol. The fourth-order valence-corrected chi connectivity index (χ4v) is 5.18. The van der Waals surface area contributed by atoms with Gasteiger partial charge in [-0.25, -0.2) is 4.79 Å². The number of carboxylic acid groups (broad SMARTS) is 1. The van der Waals surface area contributed by atoms with E-state index in [1.165, 1.54) is 19.2 Å². The second kappa shape index (κ2) is 11.9. The highest BCUT2D eigenvalue weighted by atomic mass is 16.7. The molecule has 13 heteroatoms. The van der Waals surface area contributed by atoms with Crippen molar-refractivity contribution >= 4 is 5.97 Å². The molecule has 2 aromatic carbocycles. The van der Waals surface area contributed by atoms with Crippen LogP contribution >= 0.6 is 0 Å². The molecular weight excluding hydrogens is 542 g/mol. The van der Waals surface area contributed by atoms with Gasteiger partial charge in [0.15, 0.2) is 17.6 Å². The fraction of sp³-hybridized carbons (Fsp3) is 0.536. The number of fused-ring (bicyclic) bond motifs is 5. The topological polar surface area (TPSA) is 186 Å². The van der Waals surface area contributed by atoms with Crippen LogP contribution in [0.5, 0.6) is 28.7 Å². The Morgan fingerprint density at radius 2 is 1.78 bits per heavy atom. The molecule has 0 bridgehead atoms. The average Bonchev–Trinajstić information content (AvgIpc) is 3.33. The molecule has 0 unspecified atom stereocenters. The molecule has 3 heterocycles. The summed E-state index contributed by atoms with van der Waals surface area (Å²) in [5, 5.41) is 53.7. The highest BCUT2D eigenvalue weighted by Crippen LogP contribution is 2.57. The lowest BCUT2D eigenvalue weighted by Gasteiger charge is -2.38. The summed E-state index contributed by atoms with van der Waals surface area (Å²) in [5.74, 6) is 0.134. The molecule has 0 saturated carbocycles. The van der Waals surface area contributed by atoms with Crippen LogP contribution in [0, 0.1) is 5.92 Å². The molecule has 0 aromatic heterocycles. The zero-order chi connectivity index (χ0) is 29.4. The van der Waals surface area contributed by atoms with Gasteiger partial charge >= 0.3 is 5.97 Å². The van der Waals surface area contributed by atoms with Crippen LogP contribution in [0.2, 0.25) is 0 Å². The van der Waals surface area contributed by atoms with Crippen molar-refractivity contribution in [1.82, 2.24) is 5.32 Å². The molecule has 0 aliphatic carbocycles. The molecule has 13 nitrogen and oxygen atoms in total. The van der Waals surface area contributed by atoms with E-state index in [4.69, 9.17) is 28.4 Å². The van der Waals surface area contributed by atoms with Crippen LogP contribution in [0.15, 0.2) is 30.3 Å². The Bertz CT molecular complexity index is 1250. The standard InChI is InChI=1S/C28H35NO12/c1-12(2)8-9-29-11-37-16-7-6-15-18-22(40-23(15)24(16)36-3)14-5-4-13(10-17(14)39-27(18)35)38-28-21(32)19(30)20(31)25(41-28)26(33)34/h4-7,10,12,18-22,25,27-32,35H,8-9,11H2,1-3H3,(H,33,34)/t18-,19-,20-,21+,22-,25-,27-,28+/m0/s1. The van der Waals surface area contributed by atoms with E-state index in [0.717, 1.165) is 13.0 Å². The van der Waals surface area contributed by atoms with Crippen molar-refractivity contribution < 1.29 is 58.7 Å². The third-order valence-corrected chi connectivity index (χ3v) is 7.38. The van der Waals surface area contributed by atoms with Gasteiger partial charge in [-0.15, -0.1) is 0 Å². The summed E-state index contributed by atoms with van der Waals surface area (Å²) in [7, 11) is 1.51. The Morgan fingerprint density at radius 1 is 1.02 bits per heavy atom. The van der Waals surface area contributed by atoms with Crippen molar-refractivity contribution in [2.24, 2.45) is 5.92 Å². The van der Waals surface area contributed by atoms with Gasteiger partial charge in [0.2, 0.25) is 18.3 Å². The fourth-order valence-electron chi connectivity index (χ4n) is 5.18. The lowest BCUT2D eigenvalue weighted by Crippen LogP contribution is -2.61. The molecule has 1 fully saturated rings. The molecule has 0 radical (unpaired) electrons. The average molecular weight is 578 g/mol. The van der Waals surface area contributed by atoms with E-state index >= 15 is 0 Å². The van der Waals surface area contributed by atoms with Gasteiger partial charge in [-0.3, -0.25) is 5.32 Å². The molecule has 41 heavy (non-hydrogen) atoms. The number of hydrogen-bond donors (Lipinski definition) is 6. The van der Waals surface area contributed by atoms with Crippen molar-refractivity contribution in [2.45, 2.75) is 69.3 Å². The van der Waals surface area contributed by atoms with E-state index in [2.05, 4.69) is 19.2 Å². The van der Waals surface area contributed by atoms with E-state index in [1.54, 1.807) is 18.2 Å². The molecule has 2 aromatic rings. The van der Waals surface area contributed by atoms with E-state index in [-0.39, 0.29) is 18.2 Å². The third-order valence-electron chi connectivity index (χ3n) is 7.38. The summed E-state index contributed by atoms with van der Waals surface area (Å²) >= 11 is 0. The summed E-state index contributed by atoms with van der Waals surface area (Å²) < 4.78 is 34.4. The molecular formula is C28H35NO12. The molecule has 8 atom stereocenters. The summed E-state index contributed by atoms with van der Waals surface area (Å²) in [5.41, 5.74) is 1.30. The normalized spacial score (nSPS) is 30.0.